The van der Waals surface area contributed by atoms with Crippen molar-refractivity contribution in [3.63, 3.8) is 0 Å². The number of fused-ring (bicyclic) bond motifs is 1. The molecule has 0 radical (unpaired) electrons. The molecular weight excluding hydrogens is 200 g/mol. The van der Waals surface area contributed by atoms with Gasteiger partial charge in [0.1, 0.15) is 0 Å². The van der Waals surface area contributed by atoms with E-state index in [-0.39, 0.29) is 0 Å². The van der Waals surface area contributed by atoms with Gasteiger partial charge >= 0.3 is 0 Å². The third kappa shape index (κ3) is 1.65. The molecule has 1 saturated heterocycles. The van der Waals surface area contributed by atoms with Crippen LogP contribution < -0.4 is 4.90 Å². The average Bonchev–Trinajstić information content (AvgIpc) is 2.77. The summed E-state index contributed by atoms with van der Waals surface area (Å²) in [4.78, 5) is 4.80. The summed E-state index contributed by atoms with van der Waals surface area (Å²) < 4.78 is 0. The number of nitrogens with zero attached hydrogens (tertiary/aromatic N) is 3. The Morgan fingerprint density at radius 3 is 2.81 bits per heavy atom. The van der Waals surface area contributed by atoms with Crippen LogP contribution in [0.3, 0.4) is 0 Å². The van der Waals surface area contributed by atoms with Gasteiger partial charge in [-0.1, -0.05) is 0 Å². The molecule has 1 aliphatic heterocycles. The highest BCUT2D eigenvalue weighted by Crippen LogP contribution is 2.21. The third-order valence-corrected chi connectivity index (χ3v) is 3.29. The van der Waals surface area contributed by atoms with Crippen LogP contribution in [0.5, 0.6) is 0 Å². The van der Waals surface area contributed by atoms with E-state index in [1.807, 2.05) is 6.20 Å². The van der Waals surface area contributed by atoms with E-state index in [2.05, 4.69) is 45.2 Å². The second kappa shape index (κ2) is 3.79. The zero-order valence-corrected chi connectivity index (χ0v) is 9.48. The van der Waals surface area contributed by atoms with E-state index in [1.165, 1.54) is 11.1 Å². The van der Waals surface area contributed by atoms with Crippen LogP contribution in [0, 0.1) is 0 Å². The SMILES string of the molecule is CN1CCN(c2ccc3cn[nH]c3c2)CC1. The van der Waals surface area contributed by atoms with Crippen molar-refractivity contribution in [2.24, 2.45) is 0 Å². The van der Waals surface area contributed by atoms with Gasteiger partial charge in [-0.25, -0.2) is 0 Å². The maximum Gasteiger partial charge on any atom is 0.0670 e. The number of rotatable bonds is 1. The number of hydrogen-bond donors (Lipinski definition) is 1. The fraction of sp³-hybridized carbons (Fsp3) is 0.417. The summed E-state index contributed by atoms with van der Waals surface area (Å²) >= 11 is 0. The molecule has 16 heavy (non-hydrogen) atoms. The maximum absolute atomic E-state index is 4.05. The second-order valence-electron chi connectivity index (χ2n) is 4.43. The summed E-state index contributed by atoms with van der Waals surface area (Å²) in [6, 6.07) is 6.50. The smallest absolute Gasteiger partial charge is 0.0670 e. The first-order valence-electron chi connectivity index (χ1n) is 5.69. The first-order chi connectivity index (χ1) is 7.83. The molecule has 0 atom stereocenters. The summed E-state index contributed by atoms with van der Waals surface area (Å²) in [7, 11) is 2.18. The monoisotopic (exact) mass is 216 g/mol. The molecule has 4 nitrogen and oxygen atoms in total. The molecule has 2 heterocycles. The van der Waals surface area contributed by atoms with Crippen molar-refractivity contribution in [1.29, 1.82) is 0 Å². The summed E-state index contributed by atoms with van der Waals surface area (Å²) in [5.41, 5.74) is 2.42. The minimum Gasteiger partial charge on any atom is -0.369 e. The largest absolute Gasteiger partial charge is 0.369 e. The summed E-state index contributed by atoms with van der Waals surface area (Å²) in [5, 5.41) is 8.25. The van der Waals surface area contributed by atoms with Gasteiger partial charge < -0.3 is 9.80 Å². The Labute approximate surface area is 94.8 Å². The fourth-order valence-corrected chi connectivity index (χ4v) is 2.19. The molecule has 0 aliphatic carbocycles. The van der Waals surface area contributed by atoms with Gasteiger partial charge in [0.05, 0.1) is 11.7 Å². The Hall–Kier alpha value is -1.55. The molecule has 3 rings (SSSR count). The van der Waals surface area contributed by atoms with Gasteiger partial charge in [0.2, 0.25) is 0 Å². The maximum atomic E-state index is 4.05. The normalized spacial score (nSPS) is 18.2. The molecule has 84 valence electrons. The van der Waals surface area contributed by atoms with Crippen LogP contribution in [-0.4, -0.2) is 48.3 Å². The first-order valence-corrected chi connectivity index (χ1v) is 5.69. The number of aromatic nitrogens is 2. The van der Waals surface area contributed by atoms with Gasteiger partial charge in [-0.2, -0.15) is 5.10 Å². The van der Waals surface area contributed by atoms with E-state index in [0.29, 0.717) is 0 Å². The average molecular weight is 216 g/mol. The fourth-order valence-electron chi connectivity index (χ4n) is 2.19. The van der Waals surface area contributed by atoms with Gasteiger partial charge in [-0.3, -0.25) is 5.10 Å². The Bertz CT molecular complexity index is 482. The quantitative estimate of drug-likeness (QED) is 0.780. The minimum absolute atomic E-state index is 1.11. The number of H-pyrrole nitrogens is 1. The molecular formula is C12H16N4. The number of likely N-dealkylation sites (N-methyl/N-ethyl adjacent to an activating group) is 1. The van der Waals surface area contributed by atoms with E-state index in [1.54, 1.807) is 0 Å². The topological polar surface area (TPSA) is 35.2 Å². The zero-order valence-electron chi connectivity index (χ0n) is 9.48. The van der Waals surface area contributed by atoms with Gasteiger partial charge in [0, 0.05) is 37.3 Å². The lowest BCUT2D eigenvalue weighted by Gasteiger charge is -2.34. The Morgan fingerprint density at radius 2 is 2.00 bits per heavy atom. The lowest BCUT2D eigenvalue weighted by molar-refractivity contribution is 0.313. The molecule has 1 aromatic heterocycles. The van der Waals surface area contributed by atoms with Crippen LogP contribution in [0.2, 0.25) is 0 Å². The molecule has 0 amide bonds. The molecule has 1 aliphatic rings. The highest BCUT2D eigenvalue weighted by Gasteiger charge is 2.14. The number of hydrogen-bond acceptors (Lipinski definition) is 3. The molecule has 1 aromatic carbocycles. The van der Waals surface area contributed by atoms with Gasteiger partial charge in [-0.05, 0) is 25.2 Å². The summed E-state index contributed by atoms with van der Waals surface area (Å²) in [5.74, 6) is 0. The Balaban J connectivity index is 1.87. The molecule has 0 saturated carbocycles. The van der Waals surface area contributed by atoms with Crippen LogP contribution in [0.25, 0.3) is 10.9 Å². The van der Waals surface area contributed by atoms with Crippen LogP contribution in [0.4, 0.5) is 5.69 Å². The molecule has 0 bridgehead atoms. The lowest BCUT2D eigenvalue weighted by atomic mass is 10.2. The lowest BCUT2D eigenvalue weighted by Crippen LogP contribution is -2.44. The van der Waals surface area contributed by atoms with Crippen molar-refractivity contribution >= 4 is 16.6 Å². The number of aromatic amines is 1. The van der Waals surface area contributed by atoms with E-state index in [4.69, 9.17) is 0 Å². The molecule has 1 N–H and O–H groups in total. The van der Waals surface area contributed by atoms with Crippen molar-refractivity contribution in [3.8, 4) is 0 Å². The van der Waals surface area contributed by atoms with Crippen LogP contribution in [0.1, 0.15) is 0 Å². The predicted octanol–water partition coefficient (Wildman–Crippen LogP) is 1.31. The van der Waals surface area contributed by atoms with E-state index < -0.39 is 0 Å². The predicted molar refractivity (Wildman–Crippen MR) is 65.8 cm³/mol. The number of anilines is 1. The number of piperazine rings is 1. The van der Waals surface area contributed by atoms with Gasteiger partial charge in [-0.15, -0.1) is 0 Å². The Morgan fingerprint density at radius 1 is 1.19 bits per heavy atom. The third-order valence-electron chi connectivity index (χ3n) is 3.29. The highest BCUT2D eigenvalue weighted by atomic mass is 15.2. The van der Waals surface area contributed by atoms with Crippen LogP contribution >= 0.6 is 0 Å². The number of nitrogens with one attached hydrogen (secondary N) is 1. The van der Waals surface area contributed by atoms with E-state index in [9.17, 15) is 0 Å². The summed E-state index contributed by atoms with van der Waals surface area (Å²) in [6.45, 7) is 4.49. The molecule has 0 unspecified atom stereocenters. The standard InChI is InChI=1S/C12H16N4/c1-15-4-6-16(7-5-15)11-3-2-10-9-13-14-12(10)8-11/h2-3,8-9H,4-7H2,1H3,(H,13,14). The number of benzene rings is 1. The molecule has 4 heteroatoms. The summed E-state index contributed by atoms with van der Waals surface area (Å²) in [6.07, 6.45) is 1.86. The highest BCUT2D eigenvalue weighted by molar-refractivity contribution is 5.81. The van der Waals surface area contributed by atoms with E-state index >= 15 is 0 Å². The second-order valence-corrected chi connectivity index (χ2v) is 4.43. The molecule has 1 fully saturated rings. The van der Waals surface area contributed by atoms with Crippen molar-refractivity contribution in [3.05, 3.63) is 24.4 Å². The zero-order chi connectivity index (χ0) is 11.0. The van der Waals surface area contributed by atoms with Gasteiger partial charge in [0.15, 0.2) is 0 Å². The molecule has 0 spiro atoms. The van der Waals surface area contributed by atoms with Gasteiger partial charge in [0.25, 0.3) is 0 Å². The van der Waals surface area contributed by atoms with Crippen molar-refractivity contribution in [2.75, 3.05) is 38.1 Å². The van der Waals surface area contributed by atoms with Crippen molar-refractivity contribution in [2.45, 2.75) is 0 Å². The molecule has 2 aromatic rings. The first kappa shape index (κ1) is 9.66. The van der Waals surface area contributed by atoms with E-state index in [0.717, 1.165) is 31.7 Å². The van der Waals surface area contributed by atoms with Crippen molar-refractivity contribution in [1.82, 2.24) is 15.1 Å². The van der Waals surface area contributed by atoms with Crippen LogP contribution in [0.15, 0.2) is 24.4 Å². The minimum atomic E-state index is 1.11. The van der Waals surface area contributed by atoms with Crippen molar-refractivity contribution < 1.29 is 0 Å². The van der Waals surface area contributed by atoms with Crippen LogP contribution in [-0.2, 0) is 0 Å². The Kier molecular flexibility index (Phi) is 2.29.